The summed E-state index contributed by atoms with van der Waals surface area (Å²) in [6, 6.07) is 0. The maximum absolute atomic E-state index is 11.6. The van der Waals surface area contributed by atoms with Gasteiger partial charge in [0.15, 0.2) is 0 Å². The largest absolute Gasteiger partial charge is 0.382 e. The molecule has 1 aliphatic carbocycles. The Kier molecular flexibility index (Phi) is 5.14. The molecule has 5 heteroatoms. The molecule has 0 aromatic rings. The number of nitrogens with one attached hydrogen (secondary N) is 2. The summed E-state index contributed by atoms with van der Waals surface area (Å²) < 4.78 is 5.02. The first-order chi connectivity index (χ1) is 8.35. The molecular weight excluding hydrogens is 232 g/mol. The van der Waals surface area contributed by atoms with E-state index in [0.717, 1.165) is 6.42 Å². The molecule has 0 aliphatic heterocycles. The monoisotopic (exact) mass is 256 g/mol. The quantitative estimate of drug-likeness (QED) is 0.704. The molecule has 5 nitrogen and oxygen atoms in total. The van der Waals surface area contributed by atoms with Gasteiger partial charge in [-0.05, 0) is 26.2 Å². The van der Waals surface area contributed by atoms with Crippen molar-refractivity contribution in [2.75, 3.05) is 20.3 Å². The topological polar surface area (TPSA) is 67.4 Å². The molecule has 0 unspecified atom stereocenters. The van der Waals surface area contributed by atoms with E-state index in [0.29, 0.717) is 25.5 Å². The maximum Gasteiger partial charge on any atom is 0.223 e. The number of methoxy groups -OCH3 is 1. The van der Waals surface area contributed by atoms with E-state index >= 15 is 0 Å². The lowest BCUT2D eigenvalue weighted by molar-refractivity contribution is -0.124. The predicted molar refractivity (Wildman–Crippen MR) is 69.0 cm³/mol. The standard InChI is InChI=1S/C13H24N2O3/c1-9-7-10(9)12(17)14-6-5-11(16)15-13(2,3)8-18-4/h9-10H,5-8H2,1-4H3,(H,14,17)(H,15,16)/t9-,10+/m1/s1. The first-order valence-corrected chi connectivity index (χ1v) is 6.43. The van der Waals surface area contributed by atoms with E-state index < -0.39 is 0 Å². The van der Waals surface area contributed by atoms with E-state index in [1.807, 2.05) is 13.8 Å². The lowest BCUT2D eigenvalue weighted by Gasteiger charge is -2.25. The van der Waals surface area contributed by atoms with Crippen molar-refractivity contribution in [3.05, 3.63) is 0 Å². The van der Waals surface area contributed by atoms with Crippen LogP contribution in [0, 0.1) is 11.8 Å². The van der Waals surface area contributed by atoms with Crippen LogP contribution in [0.3, 0.4) is 0 Å². The highest BCUT2D eigenvalue weighted by molar-refractivity contribution is 5.82. The highest BCUT2D eigenvalue weighted by atomic mass is 16.5. The smallest absolute Gasteiger partial charge is 0.223 e. The maximum atomic E-state index is 11.6. The minimum atomic E-state index is -0.374. The molecule has 0 heterocycles. The van der Waals surface area contributed by atoms with Gasteiger partial charge >= 0.3 is 0 Å². The minimum absolute atomic E-state index is 0.0683. The molecule has 2 atom stereocenters. The van der Waals surface area contributed by atoms with Gasteiger partial charge in [0, 0.05) is 26.0 Å². The second-order valence-corrected chi connectivity index (χ2v) is 5.73. The van der Waals surface area contributed by atoms with E-state index in [9.17, 15) is 9.59 Å². The molecule has 0 aromatic carbocycles. The van der Waals surface area contributed by atoms with Crippen molar-refractivity contribution >= 4 is 11.8 Å². The summed E-state index contributed by atoms with van der Waals surface area (Å²) in [7, 11) is 1.60. The van der Waals surface area contributed by atoms with Crippen molar-refractivity contribution in [2.24, 2.45) is 11.8 Å². The zero-order chi connectivity index (χ0) is 13.8. The van der Waals surface area contributed by atoms with Gasteiger partial charge in [0.05, 0.1) is 12.1 Å². The zero-order valence-electron chi connectivity index (χ0n) is 11.7. The number of rotatable bonds is 7. The van der Waals surface area contributed by atoms with Crippen molar-refractivity contribution in [3.8, 4) is 0 Å². The fraction of sp³-hybridized carbons (Fsp3) is 0.846. The van der Waals surface area contributed by atoms with Gasteiger partial charge in [-0.1, -0.05) is 6.92 Å². The Balaban J connectivity index is 2.15. The van der Waals surface area contributed by atoms with Gasteiger partial charge < -0.3 is 15.4 Å². The van der Waals surface area contributed by atoms with Crippen molar-refractivity contribution < 1.29 is 14.3 Å². The molecule has 1 rings (SSSR count). The highest BCUT2D eigenvalue weighted by Crippen LogP contribution is 2.37. The van der Waals surface area contributed by atoms with Crippen molar-refractivity contribution in [3.63, 3.8) is 0 Å². The van der Waals surface area contributed by atoms with Gasteiger partial charge in [0.25, 0.3) is 0 Å². The van der Waals surface area contributed by atoms with Crippen LogP contribution in [0.1, 0.15) is 33.6 Å². The van der Waals surface area contributed by atoms with Gasteiger partial charge in [-0.2, -0.15) is 0 Å². The summed E-state index contributed by atoms with van der Waals surface area (Å²) in [5.41, 5.74) is -0.374. The number of carbonyl (C=O) groups is 2. The number of hydrogen-bond acceptors (Lipinski definition) is 3. The summed E-state index contributed by atoms with van der Waals surface area (Å²) in [6.07, 6.45) is 1.28. The van der Waals surface area contributed by atoms with Crippen LogP contribution in [-0.4, -0.2) is 37.6 Å². The van der Waals surface area contributed by atoms with Crippen LogP contribution in [0.2, 0.25) is 0 Å². The van der Waals surface area contributed by atoms with E-state index in [2.05, 4.69) is 17.6 Å². The fourth-order valence-corrected chi connectivity index (χ4v) is 1.95. The van der Waals surface area contributed by atoms with E-state index in [1.54, 1.807) is 7.11 Å². The average Bonchev–Trinajstić information content (AvgIpc) is 2.94. The molecule has 2 N–H and O–H groups in total. The highest BCUT2D eigenvalue weighted by Gasteiger charge is 2.38. The molecule has 0 saturated heterocycles. The molecule has 0 spiro atoms. The Morgan fingerprint density at radius 2 is 2.00 bits per heavy atom. The SMILES string of the molecule is COCC(C)(C)NC(=O)CCNC(=O)[C@H]1C[C@H]1C. The Bertz CT molecular complexity index is 315. The molecule has 0 aromatic heterocycles. The normalized spacial score (nSPS) is 22.4. The number of amides is 2. The molecule has 2 amide bonds. The van der Waals surface area contributed by atoms with Crippen LogP contribution >= 0.6 is 0 Å². The van der Waals surface area contributed by atoms with E-state index in [-0.39, 0.29) is 23.3 Å². The Morgan fingerprint density at radius 1 is 1.39 bits per heavy atom. The number of hydrogen-bond donors (Lipinski definition) is 2. The van der Waals surface area contributed by atoms with Gasteiger partial charge in [0.2, 0.25) is 11.8 Å². The van der Waals surface area contributed by atoms with E-state index in [1.165, 1.54) is 0 Å². The minimum Gasteiger partial charge on any atom is -0.382 e. The number of carbonyl (C=O) groups excluding carboxylic acids is 2. The summed E-state index contributed by atoms with van der Waals surface area (Å²) in [4.78, 5) is 23.2. The van der Waals surface area contributed by atoms with Gasteiger partial charge in [0.1, 0.15) is 0 Å². The summed E-state index contributed by atoms with van der Waals surface area (Å²) in [6.45, 7) is 6.73. The van der Waals surface area contributed by atoms with Crippen LogP contribution in [0.15, 0.2) is 0 Å². The molecule has 18 heavy (non-hydrogen) atoms. The summed E-state index contributed by atoms with van der Waals surface area (Å²) >= 11 is 0. The van der Waals surface area contributed by atoms with Gasteiger partial charge in [-0.3, -0.25) is 9.59 Å². The number of ether oxygens (including phenoxy) is 1. The van der Waals surface area contributed by atoms with Crippen molar-refractivity contribution in [1.29, 1.82) is 0 Å². The molecule has 104 valence electrons. The third-order valence-corrected chi connectivity index (χ3v) is 3.08. The molecule has 0 bridgehead atoms. The predicted octanol–water partition coefficient (Wildman–Crippen LogP) is 0.690. The molecular formula is C13H24N2O3. The summed E-state index contributed by atoms with van der Waals surface area (Å²) in [5.74, 6) is 0.671. The zero-order valence-corrected chi connectivity index (χ0v) is 11.7. The first-order valence-electron chi connectivity index (χ1n) is 6.43. The van der Waals surface area contributed by atoms with Crippen LogP contribution in [0.4, 0.5) is 0 Å². The first kappa shape index (κ1) is 15.0. The molecule has 1 aliphatic rings. The second kappa shape index (κ2) is 6.18. The van der Waals surface area contributed by atoms with Crippen LogP contribution in [0.5, 0.6) is 0 Å². The average molecular weight is 256 g/mol. The third kappa shape index (κ3) is 5.04. The van der Waals surface area contributed by atoms with Crippen molar-refractivity contribution in [1.82, 2.24) is 10.6 Å². The lowest BCUT2D eigenvalue weighted by Crippen LogP contribution is -2.47. The second-order valence-electron chi connectivity index (χ2n) is 5.73. The Hall–Kier alpha value is -1.10. The Morgan fingerprint density at radius 3 is 2.50 bits per heavy atom. The van der Waals surface area contributed by atoms with Crippen LogP contribution < -0.4 is 10.6 Å². The lowest BCUT2D eigenvalue weighted by atomic mass is 10.1. The van der Waals surface area contributed by atoms with Crippen molar-refractivity contribution in [2.45, 2.75) is 39.2 Å². The molecule has 1 saturated carbocycles. The molecule has 0 radical (unpaired) electrons. The van der Waals surface area contributed by atoms with Crippen LogP contribution in [0.25, 0.3) is 0 Å². The van der Waals surface area contributed by atoms with Crippen LogP contribution in [-0.2, 0) is 14.3 Å². The van der Waals surface area contributed by atoms with E-state index in [4.69, 9.17) is 4.74 Å². The molecule has 1 fully saturated rings. The van der Waals surface area contributed by atoms with Gasteiger partial charge in [-0.15, -0.1) is 0 Å². The van der Waals surface area contributed by atoms with Gasteiger partial charge in [-0.25, -0.2) is 0 Å². The Labute approximate surface area is 109 Å². The summed E-state index contributed by atoms with van der Waals surface area (Å²) in [5, 5.41) is 5.66. The fourth-order valence-electron chi connectivity index (χ4n) is 1.95. The third-order valence-electron chi connectivity index (χ3n) is 3.08.